The van der Waals surface area contributed by atoms with Crippen LogP contribution in [0.5, 0.6) is 5.75 Å². The van der Waals surface area contributed by atoms with Gasteiger partial charge in [0.2, 0.25) is 0 Å². The number of nitrogen functional groups attached to an aromatic ring is 1. The molecule has 9 heteroatoms. The van der Waals surface area contributed by atoms with E-state index >= 15 is 0 Å². The molecular formula is C15H14F3N5O. The fourth-order valence-corrected chi connectivity index (χ4v) is 2.41. The van der Waals surface area contributed by atoms with Gasteiger partial charge in [-0.25, -0.2) is 9.50 Å². The van der Waals surface area contributed by atoms with Crippen LogP contribution in [0.15, 0.2) is 36.8 Å². The monoisotopic (exact) mass is 337 g/mol. The Morgan fingerprint density at radius 2 is 2.00 bits per heavy atom. The summed E-state index contributed by atoms with van der Waals surface area (Å²) in [6, 6.07) is 4.37. The van der Waals surface area contributed by atoms with Crippen molar-refractivity contribution < 1.29 is 18.3 Å². The lowest BCUT2D eigenvalue weighted by atomic mass is 10.0. The third kappa shape index (κ3) is 3.05. The number of rotatable bonds is 3. The Morgan fingerprint density at radius 3 is 2.71 bits per heavy atom. The zero-order chi connectivity index (χ0) is 17.5. The van der Waals surface area contributed by atoms with Gasteiger partial charge in [-0.3, -0.25) is 0 Å². The van der Waals surface area contributed by atoms with Crippen LogP contribution >= 0.6 is 0 Å². The number of nitrogens with zero attached hydrogens (tertiary/aromatic N) is 3. The number of alkyl halides is 3. The van der Waals surface area contributed by atoms with Crippen LogP contribution in [0, 0.1) is 0 Å². The van der Waals surface area contributed by atoms with Gasteiger partial charge in [-0.1, -0.05) is 0 Å². The molecule has 24 heavy (non-hydrogen) atoms. The fourth-order valence-electron chi connectivity index (χ4n) is 2.41. The van der Waals surface area contributed by atoms with Gasteiger partial charge in [0.05, 0.1) is 17.8 Å². The van der Waals surface area contributed by atoms with Crippen LogP contribution in [0.4, 0.5) is 24.7 Å². The van der Waals surface area contributed by atoms with Gasteiger partial charge in [0.25, 0.3) is 0 Å². The van der Waals surface area contributed by atoms with E-state index in [0.29, 0.717) is 16.9 Å². The van der Waals surface area contributed by atoms with Crippen molar-refractivity contribution in [3.8, 4) is 5.75 Å². The minimum Gasteiger partial charge on any atom is -0.506 e. The zero-order valence-electron chi connectivity index (χ0n) is 12.5. The number of nitrogens with two attached hydrogens (primary N) is 1. The van der Waals surface area contributed by atoms with Crippen molar-refractivity contribution in [2.75, 3.05) is 11.1 Å². The summed E-state index contributed by atoms with van der Waals surface area (Å²) in [6.07, 6.45) is -1.80. The molecule has 1 aromatic carbocycles. The zero-order valence-corrected chi connectivity index (χ0v) is 12.5. The third-order valence-electron chi connectivity index (χ3n) is 3.55. The summed E-state index contributed by atoms with van der Waals surface area (Å²) in [6.45, 7) is 1.69. The molecule has 0 aliphatic heterocycles. The van der Waals surface area contributed by atoms with Crippen molar-refractivity contribution in [3.05, 3.63) is 47.9 Å². The van der Waals surface area contributed by atoms with Crippen LogP contribution in [0.25, 0.3) is 5.52 Å². The summed E-state index contributed by atoms with van der Waals surface area (Å²) >= 11 is 0. The van der Waals surface area contributed by atoms with E-state index in [-0.39, 0.29) is 11.4 Å². The molecule has 126 valence electrons. The van der Waals surface area contributed by atoms with Gasteiger partial charge in [0.1, 0.15) is 17.6 Å². The van der Waals surface area contributed by atoms with Crippen LogP contribution in [0.2, 0.25) is 0 Å². The molecule has 6 nitrogen and oxygen atoms in total. The smallest absolute Gasteiger partial charge is 0.416 e. The second-order valence-corrected chi connectivity index (χ2v) is 5.39. The Labute approximate surface area is 134 Å². The molecule has 0 bridgehead atoms. The number of aromatic hydroxyl groups is 1. The standard InChI is InChI=1S/C15H14F3N5O/c1-8(9-2-10(15(16,17)18)4-11(19)3-9)22-14-13-5-12(24)6-23(13)21-7-20-14/h2-8,24H,19H2,1H3,(H,20,21,22)/t8-/m1/s1. The van der Waals surface area contributed by atoms with Gasteiger partial charge in [0.15, 0.2) is 5.82 Å². The normalized spacial score (nSPS) is 13.2. The number of aromatic nitrogens is 3. The van der Waals surface area contributed by atoms with E-state index in [1.54, 1.807) is 6.92 Å². The molecule has 2 aromatic heterocycles. The maximum Gasteiger partial charge on any atom is 0.416 e. The average molecular weight is 337 g/mol. The first-order valence-electron chi connectivity index (χ1n) is 7.00. The Bertz CT molecular complexity index is 890. The predicted octanol–water partition coefficient (Wildman–Crippen LogP) is 3.21. The Morgan fingerprint density at radius 1 is 1.25 bits per heavy atom. The number of hydrogen-bond donors (Lipinski definition) is 3. The molecule has 2 heterocycles. The number of fused-ring (bicyclic) bond motifs is 1. The lowest BCUT2D eigenvalue weighted by molar-refractivity contribution is -0.137. The molecule has 0 saturated carbocycles. The Balaban J connectivity index is 1.94. The van der Waals surface area contributed by atoms with E-state index in [0.717, 1.165) is 12.1 Å². The molecule has 0 spiro atoms. The maximum atomic E-state index is 12.9. The van der Waals surface area contributed by atoms with Gasteiger partial charge >= 0.3 is 6.18 Å². The van der Waals surface area contributed by atoms with E-state index in [4.69, 9.17) is 5.73 Å². The van der Waals surface area contributed by atoms with Crippen LogP contribution in [-0.4, -0.2) is 19.7 Å². The van der Waals surface area contributed by atoms with Crippen molar-refractivity contribution in [2.45, 2.75) is 19.1 Å². The Kier molecular flexibility index (Phi) is 3.70. The van der Waals surface area contributed by atoms with Gasteiger partial charge in [-0.2, -0.15) is 18.3 Å². The molecule has 0 amide bonds. The molecule has 0 radical (unpaired) electrons. The molecule has 1 atom stereocenters. The summed E-state index contributed by atoms with van der Waals surface area (Å²) in [5.74, 6) is 0.392. The van der Waals surface area contributed by atoms with E-state index in [1.165, 1.54) is 29.2 Å². The topological polar surface area (TPSA) is 88.5 Å². The van der Waals surface area contributed by atoms with Crippen LogP contribution < -0.4 is 11.1 Å². The van der Waals surface area contributed by atoms with Gasteiger partial charge in [-0.15, -0.1) is 0 Å². The van der Waals surface area contributed by atoms with E-state index < -0.39 is 17.8 Å². The first-order chi connectivity index (χ1) is 11.2. The number of hydrogen-bond acceptors (Lipinski definition) is 5. The molecule has 3 aromatic rings. The summed E-state index contributed by atoms with van der Waals surface area (Å²) in [4.78, 5) is 4.07. The Hall–Kier alpha value is -2.97. The molecule has 0 aliphatic rings. The summed E-state index contributed by atoms with van der Waals surface area (Å²) in [5, 5.41) is 16.5. The highest BCUT2D eigenvalue weighted by Crippen LogP contribution is 2.33. The minimum absolute atomic E-state index is 0.00881. The fraction of sp³-hybridized carbons (Fsp3) is 0.200. The maximum absolute atomic E-state index is 12.9. The van der Waals surface area contributed by atoms with Crippen molar-refractivity contribution >= 4 is 17.0 Å². The highest BCUT2D eigenvalue weighted by molar-refractivity contribution is 5.69. The van der Waals surface area contributed by atoms with E-state index in [9.17, 15) is 18.3 Å². The van der Waals surface area contributed by atoms with Crippen LogP contribution in [-0.2, 0) is 6.18 Å². The molecule has 0 saturated heterocycles. The highest BCUT2D eigenvalue weighted by Gasteiger charge is 2.31. The van der Waals surface area contributed by atoms with Crippen molar-refractivity contribution in [2.24, 2.45) is 0 Å². The van der Waals surface area contributed by atoms with E-state index in [2.05, 4.69) is 15.4 Å². The predicted molar refractivity (Wildman–Crippen MR) is 82.5 cm³/mol. The number of benzene rings is 1. The lowest BCUT2D eigenvalue weighted by Gasteiger charge is -2.18. The molecule has 3 rings (SSSR count). The lowest BCUT2D eigenvalue weighted by Crippen LogP contribution is -2.12. The van der Waals surface area contributed by atoms with Gasteiger partial charge in [-0.05, 0) is 30.7 Å². The number of halogens is 3. The first kappa shape index (κ1) is 15.9. The summed E-state index contributed by atoms with van der Waals surface area (Å²) < 4.78 is 40.2. The van der Waals surface area contributed by atoms with Crippen LogP contribution in [0.1, 0.15) is 24.1 Å². The summed E-state index contributed by atoms with van der Waals surface area (Å²) in [7, 11) is 0. The molecule has 0 unspecified atom stereocenters. The SMILES string of the molecule is C[C@@H](Nc1ncnn2cc(O)cc12)c1cc(N)cc(C(F)(F)F)c1. The molecule has 0 aliphatic carbocycles. The van der Waals surface area contributed by atoms with E-state index in [1.807, 2.05) is 0 Å². The quantitative estimate of drug-likeness (QED) is 0.639. The third-order valence-corrected chi connectivity index (χ3v) is 3.55. The first-order valence-corrected chi connectivity index (χ1v) is 7.00. The number of anilines is 2. The van der Waals surface area contributed by atoms with Gasteiger partial charge < -0.3 is 16.2 Å². The largest absolute Gasteiger partial charge is 0.506 e. The van der Waals surface area contributed by atoms with Crippen molar-refractivity contribution in [1.82, 2.24) is 14.6 Å². The summed E-state index contributed by atoms with van der Waals surface area (Å²) in [5.41, 5.74) is 5.69. The van der Waals surface area contributed by atoms with Crippen molar-refractivity contribution in [3.63, 3.8) is 0 Å². The minimum atomic E-state index is -4.47. The highest BCUT2D eigenvalue weighted by atomic mass is 19.4. The second-order valence-electron chi connectivity index (χ2n) is 5.39. The molecule has 0 fully saturated rings. The average Bonchev–Trinajstić information content (AvgIpc) is 2.87. The van der Waals surface area contributed by atoms with Gasteiger partial charge in [0, 0.05) is 11.8 Å². The van der Waals surface area contributed by atoms with Crippen molar-refractivity contribution in [1.29, 1.82) is 0 Å². The molecule has 4 N–H and O–H groups in total. The molecular weight excluding hydrogens is 323 g/mol. The number of nitrogens with one attached hydrogen (secondary N) is 1. The second kappa shape index (κ2) is 5.59. The van der Waals surface area contributed by atoms with Crippen LogP contribution in [0.3, 0.4) is 0 Å².